The minimum absolute atomic E-state index is 0.0564. The number of benzene rings is 1. The molecule has 0 saturated carbocycles. The molecule has 0 aliphatic heterocycles. The first kappa shape index (κ1) is 26.5. The SMILES string of the molecule is CCC.Cc1cccc(Cc2c(C3CC=C(c4ccc(S(C)=O)cc4F)CC3)[nH]c(=O)[nH]c2=O)n1. The molecule has 8 heteroatoms. The molecule has 2 heterocycles. The first-order valence-corrected chi connectivity index (χ1v) is 13.4. The van der Waals surface area contributed by atoms with E-state index in [2.05, 4.69) is 28.8 Å². The van der Waals surface area contributed by atoms with Gasteiger partial charge in [0.1, 0.15) is 5.82 Å². The van der Waals surface area contributed by atoms with Gasteiger partial charge in [-0.3, -0.25) is 19.0 Å². The topological polar surface area (TPSA) is 95.7 Å². The van der Waals surface area contributed by atoms with E-state index < -0.39 is 27.9 Å². The zero-order valence-electron chi connectivity index (χ0n) is 20.6. The van der Waals surface area contributed by atoms with E-state index in [0.717, 1.165) is 17.0 Å². The quantitative estimate of drug-likeness (QED) is 0.518. The van der Waals surface area contributed by atoms with Crippen molar-refractivity contribution >= 4 is 16.4 Å². The molecule has 4 rings (SSSR count). The Kier molecular flexibility index (Phi) is 9.09. The monoisotopic (exact) mass is 497 g/mol. The Hall–Kier alpha value is -3.13. The number of rotatable bonds is 5. The summed E-state index contributed by atoms with van der Waals surface area (Å²) in [6.45, 7) is 6.14. The van der Waals surface area contributed by atoms with E-state index in [1.807, 2.05) is 31.2 Å². The van der Waals surface area contributed by atoms with Crippen LogP contribution in [-0.2, 0) is 17.2 Å². The summed E-state index contributed by atoms with van der Waals surface area (Å²) >= 11 is 0. The van der Waals surface area contributed by atoms with Crippen molar-refractivity contribution in [3.05, 3.63) is 97.3 Å². The van der Waals surface area contributed by atoms with Crippen LogP contribution >= 0.6 is 0 Å². The van der Waals surface area contributed by atoms with Gasteiger partial charge in [0.05, 0.1) is 0 Å². The molecule has 6 nitrogen and oxygen atoms in total. The summed E-state index contributed by atoms with van der Waals surface area (Å²) in [5.41, 5.74) is 3.18. The van der Waals surface area contributed by atoms with Crippen LogP contribution in [0.2, 0.25) is 0 Å². The van der Waals surface area contributed by atoms with Gasteiger partial charge in [0.25, 0.3) is 5.56 Å². The number of halogens is 1. The number of allylic oxidation sites excluding steroid dienone is 2. The van der Waals surface area contributed by atoms with Gasteiger partial charge in [0.15, 0.2) is 0 Å². The van der Waals surface area contributed by atoms with Crippen LogP contribution in [0.1, 0.15) is 73.7 Å². The Bertz CT molecular complexity index is 1360. The van der Waals surface area contributed by atoms with Crippen LogP contribution in [0.5, 0.6) is 0 Å². The number of aryl methyl sites for hydroxylation is 1. The number of pyridine rings is 1. The summed E-state index contributed by atoms with van der Waals surface area (Å²) in [7, 11) is -1.24. The molecule has 0 spiro atoms. The summed E-state index contributed by atoms with van der Waals surface area (Å²) in [4.78, 5) is 34.7. The normalized spacial score (nSPS) is 16.1. The summed E-state index contributed by atoms with van der Waals surface area (Å²) in [5.74, 6) is -0.447. The maximum atomic E-state index is 14.6. The van der Waals surface area contributed by atoms with Crippen LogP contribution in [0, 0.1) is 12.7 Å². The summed E-state index contributed by atoms with van der Waals surface area (Å²) in [6, 6.07) is 10.3. The van der Waals surface area contributed by atoms with Gasteiger partial charge in [0, 0.05) is 62.5 Å². The Morgan fingerprint density at radius 1 is 1.14 bits per heavy atom. The third kappa shape index (κ3) is 6.72. The molecule has 0 amide bonds. The van der Waals surface area contributed by atoms with Crippen LogP contribution < -0.4 is 11.2 Å². The molecular weight excluding hydrogens is 465 g/mol. The summed E-state index contributed by atoms with van der Waals surface area (Å²) < 4.78 is 26.2. The second kappa shape index (κ2) is 12.0. The fourth-order valence-electron chi connectivity index (χ4n) is 4.21. The van der Waals surface area contributed by atoms with Gasteiger partial charge in [-0.05, 0) is 56.0 Å². The van der Waals surface area contributed by atoms with Gasteiger partial charge in [0.2, 0.25) is 0 Å². The maximum absolute atomic E-state index is 14.6. The Labute approximate surface area is 207 Å². The average molecular weight is 498 g/mol. The minimum atomic E-state index is -1.24. The highest BCUT2D eigenvalue weighted by molar-refractivity contribution is 7.84. The smallest absolute Gasteiger partial charge is 0.311 e. The van der Waals surface area contributed by atoms with E-state index in [1.165, 1.54) is 18.7 Å². The van der Waals surface area contributed by atoms with Crippen molar-refractivity contribution in [3.63, 3.8) is 0 Å². The largest absolute Gasteiger partial charge is 0.325 e. The number of H-pyrrole nitrogens is 2. The number of nitrogens with zero attached hydrogens (tertiary/aromatic N) is 1. The zero-order chi connectivity index (χ0) is 25.5. The Morgan fingerprint density at radius 3 is 2.49 bits per heavy atom. The molecule has 2 N–H and O–H groups in total. The molecule has 35 heavy (non-hydrogen) atoms. The lowest BCUT2D eigenvalue weighted by Crippen LogP contribution is -2.30. The molecule has 2 atom stereocenters. The van der Waals surface area contributed by atoms with Gasteiger partial charge < -0.3 is 4.98 Å². The number of hydrogen-bond donors (Lipinski definition) is 2. The second-order valence-electron chi connectivity index (χ2n) is 8.75. The highest BCUT2D eigenvalue weighted by Gasteiger charge is 2.24. The fourth-order valence-corrected chi connectivity index (χ4v) is 4.74. The van der Waals surface area contributed by atoms with E-state index in [0.29, 0.717) is 47.4 Å². The summed E-state index contributed by atoms with van der Waals surface area (Å²) in [5, 5.41) is 0. The standard InChI is InChI=1S/C24H24FN3O3S.C3H8/c1-14-4-3-5-17(26-14)12-20-22(27-24(30)28-23(20)29)16-8-6-15(7-9-16)19-11-10-18(32(2)31)13-21(19)25;1-3-2/h3-6,10-11,13,16H,7-9,12H2,1-2H3,(H2,27,28,29,30);3H2,1-2H3. The molecule has 3 aromatic rings. The molecule has 2 aromatic heterocycles. The number of hydrogen-bond acceptors (Lipinski definition) is 4. The molecule has 2 unspecified atom stereocenters. The van der Waals surface area contributed by atoms with Crippen LogP contribution in [0.4, 0.5) is 4.39 Å². The first-order valence-electron chi connectivity index (χ1n) is 11.8. The minimum Gasteiger partial charge on any atom is -0.311 e. The predicted octanol–water partition coefficient (Wildman–Crippen LogP) is 5.00. The average Bonchev–Trinajstić information content (AvgIpc) is 2.81. The number of aromatic nitrogens is 3. The molecule has 186 valence electrons. The maximum Gasteiger partial charge on any atom is 0.325 e. The van der Waals surface area contributed by atoms with Crippen LogP contribution in [-0.4, -0.2) is 25.4 Å². The molecule has 1 aliphatic carbocycles. The first-order chi connectivity index (χ1) is 16.7. The molecule has 0 bridgehead atoms. The molecule has 0 saturated heterocycles. The second-order valence-corrected chi connectivity index (χ2v) is 10.1. The lowest BCUT2D eigenvalue weighted by atomic mass is 9.83. The van der Waals surface area contributed by atoms with Gasteiger partial charge in [-0.2, -0.15) is 0 Å². The van der Waals surface area contributed by atoms with E-state index in [1.54, 1.807) is 12.1 Å². The highest BCUT2D eigenvalue weighted by atomic mass is 32.2. The predicted molar refractivity (Wildman–Crippen MR) is 139 cm³/mol. The van der Waals surface area contributed by atoms with E-state index in [-0.39, 0.29) is 5.92 Å². The van der Waals surface area contributed by atoms with Crippen molar-refractivity contribution in [1.82, 2.24) is 15.0 Å². The van der Waals surface area contributed by atoms with Crippen molar-refractivity contribution in [2.75, 3.05) is 6.26 Å². The number of aromatic amines is 2. The Morgan fingerprint density at radius 2 is 1.89 bits per heavy atom. The zero-order valence-corrected chi connectivity index (χ0v) is 21.4. The van der Waals surface area contributed by atoms with Crippen molar-refractivity contribution < 1.29 is 8.60 Å². The Balaban J connectivity index is 0.00000108. The van der Waals surface area contributed by atoms with Crippen LogP contribution in [0.25, 0.3) is 5.57 Å². The van der Waals surface area contributed by atoms with E-state index in [9.17, 15) is 18.2 Å². The third-order valence-corrected chi connectivity index (χ3v) is 6.73. The molecule has 0 fully saturated rings. The van der Waals surface area contributed by atoms with Crippen molar-refractivity contribution in [3.8, 4) is 0 Å². The third-order valence-electron chi connectivity index (χ3n) is 5.82. The van der Waals surface area contributed by atoms with Crippen LogP contribution in [0.15, 0.2) is 57.0 Å². The van der Waals surface area contributed by atoms with Gasteiger partial charge in [-0.1, -0.05) is 38.5 Å². The van der Waals surface area contributed by atoms with E-state index >= 15 is 0 Å². The van der Waals surface area contributed by atoms with Gasteiger partial charge in [-0.15, -0.1) is 0 Å². The van der Waals surface area contributed by atoms with Crippen LogP contribution in [0.3, 0.4) is 0 Å². The number of nitrogens with one attached hydrogen (secondary N) is 2. The van der Waals surface area contributed by atoms with Crippen molar-refractivity contribution in [1.29, 1.82) is 0 Å². The summed E-state index contributed by atoms with van der Waals surface area (Å²) in [6.07, 6.45) is 6.90. The van der Waals surface area contributed by atoms with Crippen molar-refractivity contribution in [2.24, 2.45) is 0 Å². The fraction of sp³-hybridized carbons (Fsp3) is 0.370. The van der Waals surface area contributed by atoms with Gasteiger partial charge >= 0.3 is 5.69 Å². The molecule has 1 aliphatic rings. The van der Waals surface area contributed by atoms with E-state index in [4.69, 9.17) is 0 Å². The molecule has 0 radical (unpaired) electrons. The lowest BCUT2D eigenvalue weighted by molar-refractivity contribution is 0.587. The highest BCUT2D eigenvalue weighted by Crippen LogP contribution is 2.37. The molecule has 1 aromatic carbocycles. The lowest BCUT2D eigenvalue weighted by Gasteiger charge is -2.24. The van der Waals surface area contributed by atoms with Gasteiger partial charge in [-0.25, -0.2) is 9.18 Å². The van der Waals surface area contributed by atoms with Crippen molar-refractivity contribution in [2.45, 2.75) is 63.7 Å². The molecular formula is C27H32FN3O3S.